The molecule has 2 aliphatic rings. The van der Waals surface area contributed by atoms with Crippen molar-refractivity contribution in [2.24, 2.45) is 5.10 Å². The standard InChI is InChI=1S/C22H20N2O3/c1-2-25-19-11-6-10-16-18-14-17(15-8-4-3-5-9-15)23-24(18)22(27-21(16)19)20-12-7-13-26-20/h3-13,18,22H,2,14H2,1H3/t18-,22-/m1/s1. The molecule has 0 radical (unpaired) electrons. The van der Waals surface area contributed by atoms with Crippen LogP contribution < -0.4 is 9.47 Å². The number of hydrazone groups is 1. The van der Waals surface area contributed by atoms with Crippen molar-refractivity contribution in [3.63, 3.8) is 0 Å². The summed E-state index contributed by atoms with van der Waals surface area (Å²) in [6, 6.07) is 20.2. The summed E-state index contributed by atoms with van der Waals surface area (Å²) in [5.41, 5.74) is 3.28. The highest BCUT2D eigenvalue weighted by atomic mass is 16.5. The topological polar surface area (TPSA) is 47.2 Å². The molecule has 2 aromatic carbocycles. The molecule has 27 heavy (non-hydrogen) atoms. The minimum atomic E-state index is -0.416. The first-order chi connectivity index (χ1) is 13.3. The van der Waals surface area contributed by atoms with Crippen molar-refractivity contribution in [2.45, 2.75) is 25.6 Å². The summed E-state index contributed by atoms with van der Waals surface area (Å²) in [6.45, 7) is 2.57. The fourth-order valence-electron chi connectivity index (χ4n) is 3.78. The van der Waals surface area contributed by atoms with Gasteiger partial charge in [-0.05, 0) is 30.7 Å². The zero-order valence-electron chi connectivity index (χ0n) is 15.0. The lowest BCUT2D eigenvalue weighted by Crippen LogP contribution is -2.33. The second-order valence-corrected chi connectivity index (χ2v) is 6.61. The summed E-state index contributed by atoms with van der Waals surface area (Å²) in [5.74, 6) is 2.28. The SMILES string of the molecule is CCOc1cccc2c1O[C@H](c1ccco1)N1N=C(c3ccccc3)C[C@H]21. The van der Waals surface area contributed by atoms with E-state index in [-0.39, 0.29) is 6.04 Å². The Balaban J connectivity index is 1.61. The lowest BCUT2D eigenvalue weighted by Gasteiger charge is -2.37. The Hall–Kier alpha value is -3.21. The minimum absolute atomic E-state index is 0.0828. The monoisotopic (exact) mass is 360 g/mol. The van der Waals surface area contributed by atoms with E-state index in [2.05, 4.69) is 18.2 Å². The molecule has 2 aliphatic heterocycles. The average Bonchev–Trinajstić information content (AvgIpc) is 3.39. The number of benzene rings is 2. The number of furan rings is 1. The van der Waals surface area contributed by atoms with Gasteiger partial charge >= 0.3 is 0 Å². The predicted octanol–water partition coefficient (Wildman–Crippen LogP) is 4.92. The van der Waals surface area contributed by atoms with Crippen molar-refractivity contribution >= 4 is 5.71 Å². The first kappa shape index (κ1) is 16.0. The van der Waals surface area contributed by atoms with Crippen LogP contribution in [0.5, 0.6) is 11.5 Å². The molecule has 0 amide bonds. The van der Waals surface area contributed by atoms with Crippen LogP contribution in [0.3, 0.4) is 0 Å². The normalized spacial score (nSPS) is 20.5. The number of ether oxygens (including phenoxy) is 2. The molecule has 136 valence electrons. The molecule has 3 aromatic rings. The summed E-state index contributed by atoms with van der Waals surface area (Å²) >= 11 is 0. The number of fused-ring (bicyclic) bond motifs is 3. The molecular formula is C22H20N2O3. The van der Waals surface area contributed by atoms with E-state index < -0.39 is 6.23 Å². The quantitative estimate of drug-likeness (QED) is 0.662. The second kappa shape index (κ2) is 6.50. The lowest BCUT2D eigenvalue weighted by atomic mass is 9.96. The number of hydrogen-bond donors (Lipinski definition) is 0. The Morgan fingerprint density at radius 2 is 1.96 bits per heavy atom. The van der Waals surface area contributed by atoms with Crippen molar-refractivity contribution in [3.8, 4) is 11.5 Å². The van der Waals surface area contributed by atoms with E-state index in [1.54, 1.807) is 6.26 Å². The van der Waals surface area contributed by atoms with E-state index in [1.165, 1.54) is 0 Å². The van der Waals surface area contributed by atoms with E-state index in [9.17, 15) is 0 Å². The highest BCUT2D eigenvalue weighted by molar-refractivity contribution is 6.01. The van der Waals surface area contributed by atoms with Gasteiger partial charge in [0.1, 0.15) is 0 Å². The molecule has 0 aliphatic carbocycles. The summed E-state index contributed by atoms with van der Waals surface area (Å²) in [6.07, 6.45) is 2.06. The Bertz CT molecular complexity index is 966. The maximum atomic E-state index is 6.36. The van der Waals surface area contributed by atoms with Crippen LogP contribution in [0.4, 0.5) is 0 Å². The zero-order valence-corrected chi connectivity index (χ0v) is 15.0. The van der Waals surface area contributed by atoms with Crippen LogP contribution in [0.1, 0.15) is 42.5 Å². The molecule has 0 bridgehead atoms. The fraction of sp³-hybridized carbons (Fsp3) is 0.227. The van der Waals surface area contributed by atoms with Crippen molar-refractivity contribution in [1.29, 1.82) is 0 Å². The van der Waals surface area contributed by atoms with Crippen molar-refractivity contribution in [2.75, 3.05) is 6.61 Å². The third-order valence-corrected chi connectivity index (χ3v) is 4.97. The predicted molar refractivity (Wildman–Crippen MR) is 102 cm³/mol. The molecule has 1 aromatic heterocycles. The Morgan fingerprint density at radius 3 is 2.74 bits per heavy atom. The second-order valence-electron chi connectivity index (χ2n) is 6.61. The molecule has 3 heterocycles. The van der Waals surface area contributed by atoms with Gasteiger partial charge in [-0.3, -0.25) is 0 Å². The van der Waals surface area contributed by atoms with Crippen LogP contribution in [0.15, 0.2) is 76.4 Å². The number of para-hydroxylation sites is 1. The Kier molecular flexibility index (Phi) is 3.85. The number of rotatable bonds is 4. The third kappa shape index (κ3) is 2.67. The molecule has 2 atom stereocenters. The van der Waals surface area contributed by atoms with Gasteiger partial charge in [0.05, 0.1) is 24.6 Å². The highest BCUT2D eigenvalue weighted by Crippen LogP contribution is 2.50. The molecule has 0 N–H and O–H groups in total. The van der Waals surface area contributed by atoms with Crippen molar-refractivity contribution in [3.05, 3.63) is 83.8 Å². The fourth-order valence-corrected chi connectivity index (χ4v) is 3.78. The Morgan fingerprint density at radius 1 is 1.07 bits per heavy atom. The molecule has 5 heteroatoms. The van der Waals surface area contributed by atoms with Gasteiger partial charge in [-0.2, -0.15) is 5.10 Å². The van der Waals surface area contributed by atoms with E-state index in [0.717, 1.165) is 40.5 Å². The van der Waals surface area contributed by atoms with Crippen LogP contribution in [0.25, 0.3) is 0 Å². The molecule has 0 fully saturated rings. The maximum Gasteiger partial charge on any atom is 0.246 e. The number of hydrogen-bond acceptors (Lipinski definition) is 5. The van der Waals surface area contributed by atoms with E-state index in [1.807, 2.05) is 54.4 Å². The molecule has 0 spiro atoms. The van der Waals surface area contributed by atoms with E-state index in [4.69, 9.17) is 19.0 Å². The Labute approximate surface area is 157 Å². The van der Waals surface area contributed by atoms with Crippen LogP contribution in [-0.4, -0.2) is 17.3 Å². The van der Waals surface area contributed by atoms with Crippen molar-refractivity contribution < 1.29 is 13.9 Å². The molecular weight excluding hydrogens is 340 g/mol. The van der Waals surface area contributed by atoms with E-state index >= 15 is 0 Å². The van der Waals surface area contributed by atoms with Crippen LogP contribution >= 0.6 is 0 Å². The van der Waals surface area contributed by atoms with Gasteiger partial charge in [0.15, 0.2) is 17.3 Å². The summed E-state index contributed by atoms with van der Waals surface area (Å²) in [4.78, 5) is 0. The molecule has 0 saturated heterocycles. The zero-order chi connectivity index (χ0) is 18.2. The highest BCUT2D eigenvalue weighted by Gasteiger charge is 2.43. The summed E-state index contributed by atoms with van der Waals surface area (Å²) in [5, 5.41) is 6.93. The number of nitrogens with zero attached hydrogens (tertiary/aromatic N) is 2. The van der Waals surface area contributed by atoms with Crippen LogP contribution in [0, 0.1) is 0 Å². The van der Waals surface area contributed by atoms with Gasteiger partial charge in [-0.15, -0.1) is 0 Å². The molecule has 0 unspecified atom stereocenters. The summed E-state index contributed by atoms with van der Waals surface area (Å²) < 4.78 is 17.8. The minimum Gasteiger partial charge on any atom is -0.490 e. The first-order valence-corrected chi connectivity index (χ1v) is 9.22. The third-order valence-electron chi connectivity index (χ3n) is 4.97. The van der Waals surface area contributed by atoms with Gasteiger partial charge < -0.3 is 13.9 Å². The first-order valence-electron chi connectivity index (χ1n) is 9.22. The molecule has 5 nitrogen and oxygen atoms in total. The van der Waals surface area contributed by atoms with Gasteiger partial charge in [0.25, 0.3) is 0 Å². The van der Waals surface area contributed by atoms with Gasteiger partial charge in [0, 0.05) is 12.0 Å². The van der Waals surface area contributed by atoms with Crippen LogP contribution in [0.2, 0.25) is 0 Å². The molecule has 5 rings (SSSR count). The smallest absolute Gasteiger partial charge is 0.246 e. The average molecular weight is 360 g/mol. The van der Waals surface area contributed by atoms with Crippen molar-refractivity contribution in [1.82, 2.24) is 5.01 Å². The van der Waals surface area contributed by atoms with Gasteiger partial charge in [-0.25, -0.2) is 5.01 Å². The van der Waals surface area contributed by atoms with Gasteiger partial charge in [-0.1, -0.05) is 42.5 Å². The molecule has 0 saturated carbocycles. The van der Waals surface area contributed by atoms with E-state index in [0.29, 0.717) is 6.61 Å². The maximum absolute atomic E-state index is 6.36. The lowest BCUT2D eigenvalue weighted by molar-refractivity contribution is -0.0344. The largest absolute Gasteiger partial charge is 0.490 e. The summed E-state index contributed by atoms with van der Waals surface area (Å²) in [7, 11) is 0. The van der Waals surface area contributed by atoms with Gasteiger partial charge in [0.2, 0.25) is 6.23 Å². The van der Waals surface area contributed by atoms with Crippen LogP contribution in [-0.2, 0) is 0 Å².